The molecule has 2 aliphatic heterocycles. The fraction of sp³-hybridized carbons (Fsp3) is 0.667. The Hall–Kier alpha value is -1.60. The van der Waals surface area contributed by atoms with Gasteiger partial charge < -0.3 is 14.9 Å². The van der Waals surface area contributed by atoms with E-state index < -0.39 is 5.41 Å². The lowest BCUT2D eigenvalue weighted by molar-refractivity contribution is -0.146. The molecule has 1 atom stereocenters. The summed E-state index contributed by atoms with van der Waals surface area (Å²) in [6.07, 6.45) is 3.94. The summed E-state index contributed by atoms with van der Waals surface area (Å²) < 4.78 is 1.51. The first-order chi connectivity index (χ1) is 11.0. The monoisotopic (exact) mass is 340 g/mol. The van der Waals surface area contributed by atoms with Crippen molar-refractivity contribution < 1.29 is 14.7 Å². The van der Waals surface area contributed by atoms with Crippen LogP contribution in [0.3, 0.4) is 0 Å². The number of amides is 2. The molecule has 3 heterocycles. The van der Waals surface area contributed by atoms with Crippen molar-refractivity contribution in [1.29, 1.82) is 0 Å². The molecule has 7 nitrogen and oxygen atoms in total. The lowest BCUT2D eigenvalue weighted by Gasteiger charge is -2.39. The van der Waals surface area contributed by atoms with Crippen LogP contribution in [0.15, 0.2) is 6.20 Å². The van der Waals surface area contributed by atoms with Crippen molar-refractivity contribution in [3.8, 4) is 0 Å². The minimum absolute atomic E-state index is 0.0337. The van der Waals surface area contributed by atoms with Gasteiger partial charge >= 0.3 is 0 Å². The van der Waals surface area contributed by atoms with Gasteiger partial charge in [-0.05, 0) is 19.3 Å². The Morgan fingerprint density at radius 1 is 1.43 bits per heavy atom. The van der Waals surface area contributed by atoms with Gasteiger partial charge in [0, 0.05) is 39.4 Å². The molecule has 0 bridgehead atoms. The predicted molar refractivity (Wildman–Crippen MR) is 84.1 cm³/mol. The Balaban J connectivity index is 1.76. The molecule has 1 N–H and O–H groups in total. The molecule has 8 heteroatoms. The second-order valence-corrected chi connectivity index (χ2v) is 6.78. The summed E-state index contributed by atoms with van der Waals surface area (Å²) in [6.45, 7) is 1.94. The third-order valence-corrected chi connectivity index (χ3v) is 5.10. The van der Waals surface area contributed by atoms with Gasteiger partial charge in [0.2, 0.25) is 5.91 Å². The van der Waals surface area contributed by atoms with Crippen LogP contribution in [0.1, 0.15) is 29.8 Å². The molecule has 3 rings (SSSR count). The highest BCUT2D eigenvalue weighted by Crippen LogP contribution is 2.40. The van der Waals surface area contributed by atoms with E-state index >= 15 is 0 Å². The molecule has 0 saturated carbocycles. The highest BCUT2D eigenvalue weighted by molar-refractivity contribution is 6.33. The van der Waals surface area contributed by atoms with Crippen molar-refractivity contribution in [1.82, 2.24) is 19.6 Å². The van der Waals surface area contributed by atoms with E-state index in [0.29, 0.717) is 37.6 Å². The molecule has 2 aliphatic rings. The zero-order chi connectivity index (χ0) is 16.6. The molecule has 0 aliphatic carbocycles. The topological polar surface area (TPSA) is 78.7 Å². The molecule has 2 saturated heterocycles. The number of aryl methyl sites for hydroxylation is 1. The smallest absolute Gasteiger partial charge is 0.275 e. The molecular formula is C15H21ClN4O3. The molecule has 0 aromatic carbocycles. The molecule has 0 radical (unpaired) electrons. The molecule has 2 amide bonds. The van der Waals surface area contributed by atoms with Crippen molar-refractivity contribution in [2.45, 2.75) is 19.3 Å². The Labute approximate surface area is 139 Å². The summed E-state index contributed by atoms with van der Waals surface area (Å²) in [7, 11) is 1.71. The Kier molecular flexibility index (Phi) is 4.33. The summed E-state index contributed by atoms with van der Waals surface area (Å²) in [4.78, 5) is 28.8. The number of aliphatic hydroxyl groups excluding tert-OH is 1. The molecule has 2 fully saturated rings. The summed E-state index contributed by atoms with van der Waals surface area (Å²) in [5.74, 6) is -0.167. The van der Waals surface area contributed by atoms with Crippen LogP contribution in [0.25, 0.3) is 0 Å². The van der Waals surface area contributed by atoms with Crippen molar-refractivity contribution in [3.63, 3.8) is 0 Å². The SMILES string of the molecule is Cn1cc(Cl)c(C(=O)N2CC[C@]3(CCCN(CCO)C3=O)C2)n1. The number of rotatable bonds is 3. The Morgan fingerprint density at radius 3 is 2.87 bits per heavy atom. The van der Waals surface area contributed by atoms with Gasteiger partial charge in [0.15, 0.2) is 5.69 Å². The van der Waals surface area contributed by atoms with Crippen LogP contribution in [0, 0.1) is 5.41 Å². The summed E-state index contributed by atoms with van der Waals surface area (Å²) in [5, 5.41) is 13.6. The van der Waals surface area contributed by atoms with E-state index in [-0.39, 0.29) is 24.1 Å². The average Bonchev–Trinajstić information content (AvgIpc) is 3.08. The van der Waals surface area contributed by atoms with Gasteiger partial charge in [-0.2, -0.15) is 5.10 Å². The first-order valence-electron chi connectivity index (χ1n) is 7.85. The van der Waals surface area contributed by atoms with Gasteiger partial charge in [-0.25, -0.2) is 0 Å². The lowest BCUT2D eigenvalue weighted by atomic mass is 9.78. The number of likely N-dealkylation sites (tertiary alicyclic amines) is 2. The number of hydrogen-bond acceptors (Lipinski definition) is 4. The van der Waals surface area contributed by atoms with Crippen molar-refractivity contribution in [3.05, 3.63) is 16.9 Å². The van der Waals surface area contributed by atoms with E-state index in [1.807, 2.05) is 0 Å². The number of aliphatic hydroxyl groups is 1. The maximum atomic E-state index is 12.7. The first kappa shape index (κ1) is 16.3. The third-order valence-electron chi connectivity index (χ3n) is 4.82. The van der Waals surface area contributed by atoms with Gasteiger partial charge in [-0.1, -0.05) is 11.6 Å². The Morgan fingerprint density at radius 2 is 2.22 bits per heavy atom. The zero-order valence-corrected chi connectivity index (χ0v) is 13.9. The molecule has 0 unspecified atom stereocenters. The number of carbonyl (C=O) groups excluding carboxylic acids is 2. The van der Waals surface area contributed by atoms with Crippen LogP contribution in [0.5, 0.6) is 0 Å². The molecule has 126 valence electrons. The number of hydrogen-bond donors (Lipinski definition) is 1. The molecule has 1 aromatic heterocycles. The van der Waals surface area contributed by atoms with E-state index in [4.69, 9.17) is 16.7 Å². The molecule has 23 heavy (non-hydrogen) atoms. The van der Waals surface area contributed by atoms with Crippen LogP contribution in [0.4, 0.5) is 0 Å². The third kappa shape index (κ3) is 2.83. The van der Waals surface area contributed by atoms with Gasteiger partial charge in [0.25, 0.3) is 5.91 Å². The van der Waals surface area contributed by atoms with Crippen LogP contribution < -0.4 is 0 Å². The van der Waals surface area contributed by atoms with Crippen molar-refractivity contribution in [2.75, 3.05) is 32.8 Å². The summed E-state index contributed by atoms with van der Waals surface area (Å²) in [6, 6.07) is 0. The lowest BCUT2D eigenvalue weighted by Crippen LogP contribution is -2.51. The summed E-state index contributed by atoms with van der Waals surface area (Å²) in [5.41, 5.74) is -0.272. The first-order valence-corrected chi connectivity index (χ1v) is 8.23. The number of β-amino-alcohol motifs (C(OH)–C–C–N with tert-alkyl or cyclic N) is 1. The predicted octanol–water partition coefficient (Wildman–Crippen LogP) is 0.520. The number of carbonyl (C=O) groups is 2. The minimum Gasteiger partial charge on any atom is -0.395 e. The fourth-order valence-electron chi connectivity index (χ4n) is 3.66. The number of nitrogens with zero attached hydrogens (tertiary/aromatic N) is 4. The standard InChI is InChI=1S/C15H21ClN4O3/c1-18-9-11(16)12(17-18)13(22)20-6-4-15(10-20)3-2-5-19(7-8-21)14(15)23/h9,21H,2-8,10H2,1H3/t15-/m1/s1. The maximum absolute atomic E-state index is 12.7. The van der Waals surface area contributed by atoms with Gasteiger partial charge in [0.1, 0.15) is 0 Å². The fourth-order valence-corrected chi connectivity index (χ4v) is 3.92. The van der Waals surface area contributed by atoms with E-state index in [2.05, 4.69) is 5.10 Å². The van der Waals surface area contributed by atoms with Crippen LogP contribution in [0.2, 0.25) is 5.02 Å². The Bertz CT molecular complexity index is 630. The molecule has 1 aromatic rings. The normalized spacial score (nSPS) is 24.7. The van der Waals surface area contributed by atoms with Crippen molar-refractivity contribution >= 4 is 23.4 Å². The number of piperidine rings is 1. The average molecular weight is 341 g/mol. The quantitative estimate of drug-likeness (QED) is 0.870. The van der Waals surface area contributed by atoms with E-state index in [9.17, 15) is 9.59 Å². The highest BCUT2D eigenvalue weighted by Gasteiger charge is 2.49. The largest absolute Gasteiger partial charge is 0.395 e. The second-order valence-electron chi connectivity index (χ2n) is 6.38. The van der Waals surface area contributed by atoms with E-state index in [1.54, 1.807) is 23.0 Å². The van der Waals surface area contributed by atoms with Crippen LogP contribution in [-0.4, -0.2) is 69.3 Å². The van der Waals surface area contributed by atoms with Crippen molar-refractivity contribution in [2.24, 2.45) is 12.5 Å². The number of aromatic nitrogens is 2. The summed E-state index contributed by atoms with van der Waals surface area (Å²) >= 11 is 6.05. The minimum atomic E-state index is -0.510. The highest BCUT2D eigenvalue weighted by atomic mass is 35.5. The van der Waals surface area contributed by atoms with E-state index in [1.165, 1.54) is 4.68 Å². The molecule has 1 spiro atoms. The maximum Gasteiger partial charge on any atom is 0.275 e. The van der Waals surface area contributed by atoms with Gasteiger partial charge in [-0.3, -0.25) is 14.3 Å². The van der Waals surface area contributed by atoms with Gasteiger partial charge in [0.05, 0.1) is 17.0 Å². The van der Waals surface area contributed by atoms with Crippen LogP contribution >= 0.6 is 11.6 Å². The second kappa shape index (κ2) is 6.13. The van der Waals surface area contributed by atoms with Crippen LogP contribution in [-0.2, 0) is 11.8 Å². The number of halogens is 1. The molecular weight excluding hydrogens is 320 g/mol. The van der Waals surface area contributed by atoms with E-state index in [0.717, 1.165) is 12.8 Å². The zero-order valence-electron chi connectivity index (χ0n) is 13.2. The van der Waals surface area contributed by atoms with Gasteiger partial charge in [-0.15, -0.1) is 0 Å².